The number of nitrogens with zero attached hydrogens (tertiary/aromatic N) is 1. The maximum Gasteiger partial charge on any atom is 0.0485 e. The Bertz CT molecular complexity index is 322. The Morgan fingerprint density at radius 1 is 1.25 bits per heavy atom. The topological polar surface area (TPSA) is 15.3 Å². The summed E-state index contributed by atoms with van der Waals surface area (Å²) in [6, 6.07) is 6.39. The smallest absolute Gasteiger partial charge is 0.0485 e. The third kappa shape index (κ3) is 4.14. The predicted octanol–water partition coefficient (Wildman–Crippen LogP) is 3.51. The molecule has 1 N–H and O–H groups in total. The number of anilines is 1. The van der Waals surface area contributed by atoms with Crippen LogP contribution in [0.5, 0.6) is 0 Å². The van der Waals surface area contributed by atoms with Crippen LogP contribution in [0.15, 0.2) is 22.7 Å². The van der Waals surface area contributed by atoms with Crippen LogP contribution in [0.25, 0.3) is 0 Å². The van der Waals surface area contributed by atoms with Crippen LogP contribution in [0.4, 0.5) is 5.69 Å². The highest BCUT2D eigenvalue weighted by molar-refractivity contribution is 9.10. The van der Waals surface area contributed by atoms with Gasteiger partial charge in [0.2, 0.25) is 0 Å². The van der Waals surface area contributed by atoms with Crippen LogP contribution in [-0.2, 0) is 0 Å². The molecule has 16 heavy (non-hydrogen) atoms. The van der Waals surface area contributed by atoms with Crippen molar-refractivity contribution in [2.75, 3.05) is 31.5 Å². The van der Waals surface area contributed by atoms with Gasteiger partial charge in [-0.25, -0.2) is 0 Å². The number of halogens is 1. The molecule has 0 atom stereocenters. The number of benzene rings is 1. The first-order valence-electron chi connectivity index (χ1n) is 5.89. The number of likely N-dealkylation sites (N-methyl/N-ethyl adjacent to an activating group) is 1. The molecule has 0 aliphatic heterocycles. The molecule has 1 aromatic rings. The Morgan fingerprint density at radius 2 is 1.94 bits per heavy atom. The van der Waals surface area contributed by atoms with Gasteiger partial charge in [-0.3, -0.25) is 0 Å². The van der Waals surface area contributed by atoms with Gasteiger partial charge >= 0.3 is 0 Å². The lowest BCUT2D eigenvalue weighted by Gasteiger charge is -2.18. The summed E-state index contributed by atoms with van der Waals surface area (Å²) >= 11 is 3.57. The van der Waals surface area contributed by atoms with Gasteiger partial charge in [-0.15, -0.1) is 0 Å². The monoisotopic (exact) mass is 284 g/mol. The van der Waals surface area contributed by atoms with Crippen molar-refractivity contribution in [3.63, 3.8) is 0 Å². The van der Waals surface area contributed by atoms with Crippen LogP contribution >= 0.6 is 15.9 Å². The molecule has 1 aromatic carbocycles. The zero-order chi connectivity index (χ0) is 12.0. The SMILES string of the molecule is CCN(CC)CCNc1ccc(C)cc1Br. The second kappa shape index (κ2) is 6.92. The zero-order valence-corrected chi connectivity index (χ0v) is 12.0. The molecule has 0 heterocycles. The van der Waals surface area contributed by atoms with Gasteiger partial charge in [-0.1, -0.05) is 19.9 Å². The van der Waals surface area contributed by atoms with Gasteiger partial charge in [-0.05, 0) is 53.6 Å². The van der Waals surface area contributed by atoms with Gasteiger partial charge in [0, 0.05) is 23.2 Å². The third-order valence-electron chi connectivity index (χ3n) is 2.76. The minimum absolute atomic E-state index is 0.989. The molecule has 3 heteroatoms. The lowest BCUT2D eigenvalue weighted by molar-refractivity contribution is 0.316. The largest absolute Gasteiger partial charge is 0.383 e. The summed E-state index contributed by atoms with van der Waals surface area (Å²) in [6.07, 6.45) is 0. The molecular weight excluding hydrogens is 264 g/mol. The van der Waals surface area contributed by atoms with Crippen LogP contribution in [0.3, 0.4) is 0 Å². The molecule has 1 rings (SSSR count). The molecule has 0 bridgehead atoms. The van der Waals surface area contributed by atoms with E-state index < -0.39 is 0 Å². The van der Waals surface area contributed by atoms with Crippen molar-refractivity contribution >= 4 is 21.6 Å². The molecule has 0 radical (unpaired) electrons. The Kier molecular flexibility index (Phi) is 5.85. The number of hydrogen-bond acceptors (Lipinski definition) is 2. The standard InChI is InChI=1S/C13H21BrN2/c1-4-16(5-2)9-8-15-13-7-6-11(3)10-12(13)14/h6-7,10,15H,4-5,8-9H2,1-3H3. The van der Waals surface area contributed by atoms with Crippen molar-refractivity contribution in [1.82, 2.24) is 4.90 Å². The Balaban J connectivity index is 2.42. The summed E-state index contributed by atoms with van der Waals surface area (Å²) in [6.45, 7) is 10.8. The van der Waals surface area contributed by atoms with Gasteiger partial charge < -0.3 is 10.2 Å². The molecular formula is C13H21BrN2. The average Bonchev–Trinajstić information content (AvgIpc) is 2.27. The molecule has 0 spiro atoms. The normalized spacial score (nSPS) is 10.8. The lowest BCUT2D eigenvalue weighted by Crippen LogP contribution is -2.28. The van der Waals surface area contributed by atoms with E-state index in [9.17, 15) is 0 Å². The van der Waals surface area contributed by atoms with Gasteiger partial charge in [-0.2, -0.15) is 0 Å². The van der Waals surface area contributed by atoms with Crippen LogP contribution in [0, 0.1) is 6.92 Å². The van der Waals surface area contributed by atoms with E-state index in [0.29, 0.717) is 0 Å². The van der Waals surface area contributed by atoms with Gasteiger partial charge in [0.25, 0.3) is 0 Å². The fourth-order valence-corrected chi connectivity index (χ4v) is 2.29. The number of hydrogen-bond donors (Lipinski definition) is 1. The highest BCUT2D eigenvalue weighted by Crippen LogP contribution is 2.22. The van der Waals surface area contributed by atoms with E-state index in [1.165, 1.54) is 11.3 Å². The Morgan fingerprint density at radius 3 is 2.50 bits per heavy atom. The quantitative estimate of drug-likeness (QED) is 0.860. The highest BCUT2D eigenvalue weighted by atomic mass is 79.9. The Hall–Kier alpha value is -0.540. The molecule has 2 nitrogen and oxygen atoms in total. The van der Waals surface area contributed by atoms with Crippen molar-refractivity contribution in [2.45, 2.75) is 20.8 Å². The molecule has 0 fully saturated rings. The number of nitrogens with one attached hydrogen (secondary N) is 1. The first-order valence-corrected chi connectivity index (χ1v) is 6.69. The zero-order valence-electron chi connectivity index (χ0n) is 10.4. The van der Waals surface area contributed by atoms with E-state index in [1.807, 2.05) is 0 Å². The van der Waals surface area contributed by atoms with Crippen molar-refractivity contribution in [3.05, 3.63) is 28.2 Å². The minimum atomic E-state index is 0.989. The summed E-state index contributed by atoms with van der Waals surface area (Å²) in [5, 5.41) is 3.45. The van der Waals surface area contributed by atoms with Crippen LogP contribution < -0.4 is 5.32 Å². The van der Waals surface area contributed by atoms with Crippen molar-refractivity contribution in [2.24, 2.45) is 0 Å². The first-order chi connectivity index (χ1) is 7.67. The van der Waals surface area contributed by atoms with E-state index in [2.05, 4.69) is 65.1 Å². The number of aryl methyl sites for hydroxylation is 1. The van der Waals surface area contributed by atoms with Crippen molar-refractivity contribution < 1.29 is 0 Å². The molecule has 0 aliphatic rings. The fraction of sp³-hybridized carbons (Fsp3) is 0.538. The summed E-state index contributed by atoms with van der Waals surface area (Å²) in [5.74, 6) is 0. The fourth-order valence-electron chi connectivity index (χ4n) is 1.65. The van der Waals surface area contributed by atoms with Crippen LogP contribution in [-0.4, -0.2) is 31.1 Å². The minimum Gasteiger partial charge on any atom is -0.383 e. The third-order valence-corrected chi connectivity index (χ3v) is 3.42. The maximum absolute atomic E-state index is 3.57. The van der Waals surface area contributed by atoms with E-state index in [0.717, 1.165) is 30.7 Å². The highest BCUT2D eigenvalue weighted by Gasteiger charge is 2.01. The molecule has 0 aliphatic carbocycles. The van der Waals surface area contributed by atoms with Gasteiger partial charge in [0.15, 0.2) is 0 Å². The van der Waals surface area contributed by atoms with E-state index >= 15 is 0 Å². The Labute approximate surface area is 107 Å². The van der Waals surface area contributed by atoms with Crippen LogP contribution in [0.1, 0.15) is 19.4 Å². The average molecular weight is 285 g/mol. The molecule has 90 valence electrons. The molecule has 0 saturated carbocycles. The summed E-state index contributed by atoms with van der Waals surface area (Å²) in [4.78, 5) is 2.41. The summed E-state index contributed by atoms with van der Waals surface area (Å²) in [7, 11) is 0. The number of rotatable bonds is 6. The van der Waals surface area contributed by atoms with E-state index in [1.54, 1.807) is 0 Å². The second-order valence-electron chi connectivity index (χ2n) is 3.94. The van der Waals surface area contributed by atoms with Crippen molar-refractivity contribution in [3.8, 4) is 0 Å². The van der Waals surface area contributed by atoms with Crippen LogP contribution in [0.2, 0.25) is 0 Å². The van der Waals surface area contributed by atoms with Gasteiger partial charge in [0.05, 0.1) is 0 Å². The van der Waals surface area contributed by atoms with Gasteiger partial charge in [0.1, 0.15) is 0 Å². The van der Waals surface area contributed by atoms with E-state index in [-0.39, 0.29) is 0 Å². The molecule has 0 saturated heterocycles. The molecule has 0 aromatic heterocycles. The molecule has 0 unspecified atom stereocenters. The van der Waals surface area contributed by atoms with E-state index in [4.69, 9.17) is 0 Å². The maximum atomic E-state index is 3.57. The molecule has 0 amide bonds. The second-order valence-corrected chi connectivity index (χ2v) is 4.79. The summed E-state index contributed by atoms with van der Waals surface area (Å²) < 4.78 is 1.15. The predicted molar refractivity (Wildman–Crippen MR) is 75.2 cm³/mol. The summed E-state index contributed by atoms with van der Waals surface area (Å²) in [5.41, 5.74) is 2.46. The first kappa shape index (κ1) is 13.5. The lowest BCUT2D eigenvalue weighted by atomic mass is 10.2. The van der Waals surface area contributed by atoms with Crippen molar-refractivity contribution in [1.29, 1.82) is 0 Å².